The van der Waals surface area contributed by atoms with Gasteiger partial charge in [-0.05, 0) is 19.4 Å². The molecule has 0 radical (unpaired) electrons. The van der Waals surface area contributed by atoms with E-state index in [1.165, 1.54) is 11.3 Å². The number of piperidine rings is 1. The van der Waals surface area contributed by atoms with Crippen molar-refractivity contribution in [2.45, 2.75) is 31.6 Å². The van der Waals surface area contributed by atoms with Gasteiger partial charge in [-0.2, -0.15) is 4.98 Å². The van der Waals surface area contributed by atoms with Crippen molar-refractivity contribution in [2.75, 3.05) is 38.7 Å². The number of hydrogen-bond acceptors (Lipinski definition) is 8. The van der Waals surface area contributed by atoms with Crippen LogP contribution >= 0.6 is 11.3 Å². The molecule has 1 aliphatic heterocycles. The van der Waals surface area contributed by atoms with E-state index in [-0.39, 0.29) is 11.8 Å². The van der Waals surface area contributed by atoms with E-state index in [1.807, 2.05) is 5.38 Å². The number of amides is 1. The van der Waals surface area contributed by atoms with E-state index < -0.39 is 0 Å². The van der Waals surface area contributed by atoms with Gasteiger partial charge in [0.15, 0.2) is 11.0 Å². The molecule has 136 valence electrons. The summed E-state index contributed by atoms with van der Waals surface area (Å²) < 4.78 is 10.5. The number of rotatable bonds is 8. The normalized spacial score (nSPS) is 18.4. The van der Waals surface area contributed by atoms with Crippen molar-refractivity contribution in [2.24, 2.45) is 0 Å². The summed E-state index contributed by atoms with van der Waals surface area (Å²) in [4.78, 5) is 22.8. The number of nitrogens with zero attached hydrogens (tertiary/aromatic N) is 4. The fraction of sp³-hybridized carbons (Fsp3) is 0.625. The van der Waals surface area contributed by atoms with Crippen LogP contribution in [0.4, 0.5) is 5.13 Å². The van der Waals surface area contributed by atoms with Crippen molar-refractivity contribution < 1.29 is 14.1 Å². The van der Waals surface area contributed by atoms with Crippen molar-refractivity contribution in [1.29, 1.82) is 0 Å². The number of methoxy groups -OCH3 is 1. The Kier molecular flexibility index (Phi) is 6.48. The molecule has 2 aromatic rings. The zero-order valence-corrected chi connectivity index (χ0v) is 15.1. The maximum atomic E-state index is 12.0. The molecule has 0 saturated carbocycles. The zero-order valence-electron chi connectivity index (χ0n) is 14.3. The molecule has 3 heterocycles. The molecule has 0 spiro atoms. The van der Waals surface area contributed by atoms with Gasteiger partial charge in [0.25, 0.3) is 0 Å². The van der Waals surface area contributed by atoms with Gasteiger partial charge in [-0.25, -0.2) is 4.98 Å². The smallest absolute Gasteiger partial charge is 0.231 e. The van der Waals surface area contributed by atoms with Gasteiger partial charge in [0.05, 0.1) is 12.5 Å². The van der Waals surface area contributed by atoms with Crippen LogP contribution in [0.15, 0.2) is 16.1 Å². The van der Waals surface area contributed by atoms with Gasteiger partial charge < -0.3 is 19.5 Å². The largest absolute Gasteiger partial charge is 0.384 e. The van der Waals surface area contributed by atoms with Gasteiger partial charge in [0.1, 0.15) is 0 Å². The fourth-order valence-electron chi connectivity index (χ4n) is 2.91. The average molecular weight is 365 g/mol. The topological polar surface area (TPSA) is 93.4 Å². The summed E-state index contributed by atoms with van der Waals surface area (Å²) in [6.45, 7) is 3.14. The van der Waals surface area contributed by atoms with E-state index in [2.05, 4.69) is 25.3 Å². The van der Waals surface area contributed by atoms with Gasteiger partial charge in [-0.1, -0.05) is 5.16 Å². The molecule has 1 amide bonds. The number of carbonyl (C=O) groups is 1. The van der Waals surface area contributed by atoms with Crippen LogP contribution in [0.1, 0.15) is 36.9 Å². The summed E-state index contributed by atoms with van der Waals surface area (Å²) in [7, 11) is 1.66. The second-order valence-corrected chi connectivity index (χ2v) is 6.96. The first-order valence-corrected chi connectivity index (χ1v) is 9.35. The molecule has 3 rings (SSSR count). The Bertz CT molecular complexity index is 661. The first-order chi connectivity index (χ1) is 12.2. The van der Waals surface area contributed by atoms with Gasteiger partial charge in [0, 0.05) is 44.6 Å². The van der Waals surface area contributed by atoms with Gasteiger partial charge >= 0.3 is 0 Å². The van der Waals surface area contributed by atoms with Crippen molar-refractivity contribution in [3.8, 4) is 0 Å². The first kappa shape index (κ1) is 18.0. The van der Waals surface area contributed by atoms with Crippen LogP contribution in [0.2, 0.25) is 0 Å². The third-order valence-corrected chi connectivity index (χ3v) is 4.89. The minimum atomic E-state index is -0.00304. The third-order valence-electron chi connectivity index (χ3n) is 4.20. The SMILES string of the molecule is COCCc1noc(C2CCCN(CCC(=O)Nc3nccs3)C2)n1. The van der Waals surface area contributed by atoms with Crippen molar-refractivity contribution in [3.05, 3.63) is 23.3 Å². The molecule has 1 fully saturated rings. The minimum Gasteiger partial charge on any atom is -0.384 e. The maximum absolute atomic E-state index is 12.0. The fourth-order valence-corrected chi connectivity index (χ4v) is 3.46. The van der Waals surface area contributed by atoms with E-state index in [0.717, 1.165) is 32.5 Å². The van der Waals surface area contributed by atoms with Crippen LogP contribution in [-0.2, 0) is 16.0 Å². The summed E-state index contributed by atoms with van der Waals surface area (Å²) in [6.07, 6.45) is 4.89. The Hall–Kier alpha value is -1.84. The molecule has 25 heavy (non-hydrogen) atoms. The molecule has 2 aromatic heterocycles. The van der Waals surface area contributed by atoms with Gasteiger partial charge in [0.2, 0.25) is 11.8 Å². The quantitative estimate of drug-likeness (QED) is 0.764. The zero-order chi connectivity index (χ0) is 17.5. The number of hydrogen-bond donors (Lipinski definition) is 1. The third kappa shape index (κ3) is 5.32. The number of thiazole rings is 1. The molecular weight excluding hydrogens is 342 g/mol. The van der Waals surface area contributed by atoms with Crippen molar-refractivity contribution in [3.63, 3.8) is 0 Å². The Morgan fingerprint density at radius 1 is 1.56 bits per heavy atom. The van der Waals surface area contributed by atoms with Crippen molar-refractivity contribution in [1.82, 2.24) is 20.0 Å². The van der Waals surface area contributed by atoms with E-state index in [1.54, 1.807) is 13.3 Å². The van der Waals surface area contributed by atoms with Crippen LogP contribution in [0.5, 0.6) is 0 Å². The molecule has 9 heteroatoms. The highest BCUT2D eigenvalue weighted by atomic mass is 32.1. The number of anilines is 1. The van der Waals surface area contributed by atoms with Crippen LogP contribution < -0.4 is 5.32 Å². The summed E-state index contributed by atoms with van der Waals surface area (Å²) in [6, 6.07) is 0. The molecule has 1 unspecified atom stereocenters. The predicted octanol–water partition coefficient (Wildman–Crippen LogP) is 1.92. The van der Waals surface area contributed by atoms with Gasteiger partial charge in [-0.3, -0.25) is 4.79 Å². The van der Waals surface area contributed by atoms with Crippen LogP contribution in [-0.4, -0.2) is 59.3 Å². The highest BCUT2D eigenvalue weighted by Crippen LogP contribution is 2.25. The molecule has 1 aliphatic rings. The molecule has 1 N–H and O–H groups in total. The Morgan fingerprint density at radius 3 is 3.28 bits per heavy atom. The van der Waals surface area contributed by atoms with Crippen LogP contribution in [0, 0.1) is 0 Å². The Balaban J connectivity index is 1.46. The summed E-state index contributed by atoms with van der Waals surface area (Å²) >= 11 is 1.43. The van der Waals surface area contributed by atoms with Gasteiger partial charge in [-0.15, -0.1) is 11.3 Å². The van der Waals surface area contributed by atoms with E-state index in [4.69, 9.17) is 9.26 Å². The summed E-state index contributed by atoms with van der Waals surface area (Å²) in [5.41, 5.74) is 0. The molecule has 8 nitrogen and oxygen atoms in total. The lowest BCUT2D eigenvalue weighted by atomic mass is 9.98. The van der Waals surface area contributed by atoms with Crippen LogP contribution in [0.3, 0.4) is 0 Å². The standard InChI is InChI=1S/C16H23N5O3S/c1-23-9-5-13-18-15(24-20-13)12-3-2-7-21(11-12)8-4-14(22)19-16-17-6-10-25-16/h6,10,12H,2-5,7-9,11H2,1H3,(H,17,19,22). The van der Waals surface area contributed by atoms with E-state index >= 15 is 0 Å². The van der Waals surface area contributed by atoms with Crippen molar-refractivity contribution >= 4 is 22.4 Å². The van der Waals surface area contributed by atoms with Crippen LogP contribution in [0.25, 0.3) is 0 Å². The second kappa shape index (κ2) is 9.02. The Morgan fingerprint density at radius 2 is 2.48 bits per heavy atom. The average Bonchev–Trinajstić information content (AvgIpc) is 3.30. The Labute approximate surface area is 150 Å². The minimum absolute atomic E-state index is 0.00304. The highest BCUT2D eigenvalue weighted by molar-refractivity contribution is 7.13. The summed E-state index contributed by atoms with van der Waals surface area (Å²) in [5.74, 6) is 1.62. The number of ether oxygens (including phenoxy) is 1. The molecule has 0 aliphatic carbocycles. The number of nitrogens with one attached hydrogen (secondary N) is 1. The van der Waals surface area contributed by atoms with E-state index in [0.29, 0.717) is 36.3 Å². The molecule has 1 saturated heterocycles. The van der Waals surface area contributed by atoms with E-state index in [9.17, 15) is 4.79 Å². The molecule has 1 atom stereocenters. The first-order valence-electron chi connectivity index (χ1n) is 8.47. The molecule has 0 bridgehead atoms. The number of aromatic nitrogens is 3. The molecular formula is C16H23N5O3S. The molecule has 0 aromatic carbocycles. The lowest BCUT2D eigenvalue weighted by molar-refractivity contribution is -0.116. The number of carbonyl (C=O) groups excluding carboxylic acids is 1. The monoisotopic (exact) mass is 365 g/mol. The second-order valence-electron chi connectivity index (χ2n) is 6.07. The summed E-state index contributed by atoms with van der Waals surface area (Å²) in [5, 5.41) is 9.32. The maximum Gasteiger partial charge on any atom is 0.231 e. The predicted molar refractivity (Wildman–Crippen MR) is 93.7 cm³/mol. The lowest BCUT2D eigenvalue weighted by Crippen LogP contribution is -2.36. The highest BCUT2D eigenvalue weighted by Gasteiger charge is 2.26. The lowest BCUT2D eigenvalue weighted by Gasteiger charge is -2.30. The number of likely N-dealkylation sites (tertiary alicyclic amines) is 1.